The standard InChI is InChI=1S/C22H20N4O3/c1-14-10-21(24-22(27)16-11-17(28-2)13-18(12-16)29-3)26(25-14)20-9-8-15-6-4-5-7-19(15)23-20/h4-13H,1-3H3,(H,24,27). The summed E-state index contributed by atoms with van der Waals surface area (Å²) in [7, 11) is 3.08. The third kappa shape index (κ3) is 3.75. The van der Waals surface area contributed by atoms with E-state index in [9.17, 15) is 4.79 Å². The number of hydrogen-bond acceptors (Lipinski definition) is 5. The van der Waals surface area contributed by atoms with Gasteiger partial charge in [-0.15, -0.1) is 0 Å². The molecule has 0 aliphatic rings. The molecule has 4 rings (SSSR count). The fourth-order valence-corrected chi connectivity index (χ4v) is 3.06. The fourth-order valence-electron chi connectivity index (χ4n) is 3.06. The number of para-hydroxylation sites is 1. The van der Waals surface area contributed by atoms with Crippen molar-refractivity contribution in [3.63, 3.8) is 0 Å². The van der Waals surface area contributed by atoms with E-state index in [0.717, 1.165) is 16.6 Å². The number of nitrogens with zero attached hydrogens (tertiary/aromatic N) is 3. The second kappa shape index (κ2) is 7.63. The SMILES string of the molecule is COc1cc(OC)cc(C(=O)Nc2cc(C)nn2-c2ccc3ccccc3n2)c1. The van der Waals surface area contributed by atoms with E-state index in [0.29, 0.717) is 28.7 Å². The zero-order valence-electron chi connectivity index (χ0n) is 16.3. The molecule has 0 radical (unpaired) electrons. The summed E-state index contributed by atoms with van der Waals surface area (Å²) in [6.45, 7) is 1.86. The van der Waals surface area contributed by atoms with Gasteiger partial charge in [-0.1, -0.05) is 18.2 Å². The summed E-state index contributed by atoms with van der Waals surface area (Å²) in [5, 5.41) is 8.44. The molecule has 0 unspecified atom stereocenters. The molecule has 0 bridgehead atoms. The first-order valence-electron chi connectivity index (χ1n) is 9.04. The molecule has 0 saturated carbocycles. The number of anilines is 1. The van der Waals surface area contributed by atoms with Crippen LogP contribution in [-0.2, 0) is 0 Å². The number of methoxy groups -OCH3 is 2. The molecule has 2 heterocycles. The highest BCUT2D eigenvalue weighted by Gasteiger charge is 2.15. The minimum Gasteiger partial charge on any atom is -0.497 e. The Morgan fingerprint density at radius 3 is 2.41 bits per heavy atom. The van der Waals surface area contributed by atoms with Crippen LogP contribution in [0.4, 0.5) is 5.82 Å². The average molecular weight is 388 g/mol. The van der Waals surface area contributed by atoms with Gasteiger partial charge in [-0.2, -0.15) is 9.78 Å². The first kappa shape index (κ1) is 18.5. The van der Waals surface area contributed by atoms with Crippen molar-refractivity contribution in [2.75, 3.05) is 19.5 Å². The van der Waals surface area contributed by atoms with Crippen molar-refractivity contribution in [3.05, 3.63) is 71.9 Å². The van der Waals surface area contributed by atoms with Gasteiger partial charge in [-0.05, 0) is 37.3 Å². The van der Waals surface area contributed by atoms with E-state index < -0.39 is 0 Å². The molecule has 2 aromatic heterocycles. The molecule has 7 nitrogen and oxygen atoms in total. The monoisotopic (exact) mass is 388 g/mol. The Morgan fingerprint density at radius 2 is 1.69 bits per heavy atom. The van der Waals surface area contributed by atoms with Crippen LogP contribution in [-0.4, -0.2) is 34.9 Å². The minimum absolute atomic E-state index is 0.302. The largest absolute Gasteiger partial charge is 0.497 e. The van der Waals surface area contributed by atoms with Gasteiger partial charge in [0, 0.05) is 23.1 Å². The van der Waals surface area contributed by atoms with Gasteiger partial charge in [-0.3, -0.25) is 4.79 Å². The highest BCUT2D eigenvalue weighted by atomic mass is 16.5. The minimum atomic E-state index is -0.302. The summed E-state index contributed by atoms with van der Waals surface area (Å²) < 4.78 is 12.1. The molecule has 1 amide bonds. The number of rotatable bonds is 5. The molecule has 0 spiro atoms. The lowest BCUT2D eigenvalue weighted by Crippen LogP contribution is -2.16. The smallest absolute Gasteiger partial charge is 0.257 e. The third-order valence-corrected chi connectivity index (χ3v) is 4.49. The maximum Gasteiger partial charge on any atom is 0.257 e. The Morgan fingerprint density at radius 1 is 0.966 bits per heavy atom. The van der Waals surface area contributed by atoms with Crippen molar-refractivity contribution >= 4 is 22.6 Å². The predicted octanol–water partition coefficient (Wildman–Crippen LogP) is 4.00. The predicted molar refractivity (Wildman–Crippen MR) is 111 cm³/mol. The Kier molecular flexibility index (Phi) is 4.87. The summed E-state index contributed by atoms with van der Waals surface area (Å²) >= 11 is 0. The van der Waals surface area contributed by atoms with Crippen LogP contribution in [0.2, 0.25) is 0 Å². The summed E-state index contributed by atoms with van der Waals surface area (Å²) in [6, 6.07) is 18.5. The molecule has 0 atom stereocenters. The molecule has 0 aliphatic heterocycles. The van der Waals surface area contributed by atoms with E-state index in [2.05, 4.69) is 15.4 Å². The van der Waals surface area contributed by atoms with Gasteiger partial charge in [0.15, 0.2) is 5.82 Å². The highest BCUT2D eigenvalue weighted by molar-refractivity contribution is 6.04. The second-order valence-corrected chi connectivity index (χ2v) is 6.50. The van der Waals surface area contributed by atoms with Gasteiger partial charge in [0.05, 0.1) is 25.4 Å². The topological polar surface area (TPSA) is 78.3 Å². The van der Waals surface area contributed by atoms with Crippen molar-refractivity contribution < 1.29 is 14.3 Å². The maximum atomic E-state index is 12.9. The van der Waals surface area contributed by atoms with Crippen LogP contribution < -0.4 is 14.8 Å². The van der Waals surface area contributed by atoms with Crippen LogP contribution in [0.25, 0.3) is 16.7 Å². The summed E-state index contributed by atoms with van der Waals surface area (Å²) in [5.74, 6) is 1.92. The molecule has 0 saturated heterocycles. The molecule has 0 fully saturated rings. The van der Waals surface area contributed by atoms with E-state index >= 15 is 0 Å². The van der Waals surface area contributed by atoms with Crippen LogP contribution in [0.1, 0.15) is 16.1 Å². The van der Waals surface area contributed by atoms with E-state index in [1.165, 1.54) is 0 Å². The fraction of sp³-hybridized carbons (Fsp3) is 0.136. The lowest BCUT2D eigenvalue weighted by molar-refractivity contribution is 0.102. The van der Waals surface area contributed by atoms with Gasteiger partial charge in [0.2, 0.25) is 0 Å². The number of aryl methyl sites for hydroxylation is 1. The Bertz CT molecular complexity index is 1180. The van der Waals surface area contributed by atoms with E-state index in [1.807, 2.05) is 43.3 Å². The summed E-state index contributed by atoms with van der Waals surface area (Å²) in [6.07, 6.45) is 0. The number of pyridine rings is 1. The molecule has 7 heteroatoms. The molecule has 29 heavy (non-hydrogen) atoms. The number of benzene rings is 2. The lowest BCUT2D eigenvalue weighted by Gasteiger charge is -2.11. The van der Waals surface area contributed by atoms with Crippen LogP contribution in [0.15, 0.2) is 60.7 Å². The van der Waals surface area contributed by atoms with Crippen molar-refractivity contribution in [2.45, 2.75) is 6.92 Å². The number of ether oxygens (including phenoxy) is 2. The molecular weight excluding hydrogens is 368 g/mol. The summed E-state index contributed by atoms with van der Waals surface area (Å²) in [5.41, 5.74) is 2.03. The maximum absolute atomic E-state index is 12.9. The van der Waals surface area contributed by atoms with E-state index in [-0.39, 0.29) is 5.91 Å². The average Bonchev–Trinajstić information content (AvgIpc) is 3.12. The number of fused-ring (bicyclic) bond motifs is 1. The van der Waals surface area contributed by atoms with Crippen molar-refractivity contribution in [1.29, 1.82) is 0 Å². The molecular formula is C22H20N4O3. The van der Waals surface area contributed by atoms with Crippen molar-refractivity contribution in [1.82, 2.24) is 14.8 Å². The first-order chi connectivity index (χ1) is 14.1. The molecule has 4 aromatic rings. The Balaban J connectivity index is 1.69. The Labute approximate surface area is 167 Å². The van der Waals surface area contributed by atoms with Crippen LogP contribution in [0.5, 0.6) is 11.5 Å². The van der Waals surface area contributed by atoms with E-state index in [4.69, 9.17) is 9.47 Å². The highest BCUT2D eigenvalue weighted by Crippen LogP contribution is 2.24. The number of aromatic nitrogens is 3. The quantitative estimate of drug-likeness (QED) is 0.559. The van der Waals surface area contributed by atoms with Gasteiger partial charge in [0.25, 0.3) is 5.91 Å². The molecule has 2 aromatic carbocycles. The number of carbonyl (C=O) groups excluding carboxylic acids is 1. The molecule has 146 valence electrons. The first-order valence-corrected chi connectivity index (χ1v) is 9.04. The zero-order chi connectivity index (χ0) is 20.4. The molecule has 0 aliphatic carbocycles. The van der Waals surface area contributed by atoms with Crippen molar-refractivity contribution in [3.8, 4) is 17.3 Å². The lowest BCUT2D eigenvalue weighted by atomic mass is 10.2. The normalized spacial score (nSPS) is 10.7. The number of nitrogens with one attached hydrogen (secondary N) is 1. The van der Waals surface area contributed by atoms with Crippen molar-refractivity contribution in [2.24, 2.45) is 0 Å². The van der Waals surface area contributed by atoms with Crippen LogP contribution in [0.3, 0.4) is 0 Å². The van der Waals surface area contributed by atoms with Gasteiger partial charge in [-0.25, -0.2) is 4.98 Å². The van der Waals surface area contributed by atoms with Crippen LogP contribution >= 0.6 is 0 Å². The number of hydrogen-bond donors (Lipinski definition) is 1. The summed E-state index contributed by atoms with van der Waals surface area (Å²) in [4.78, 5) is 17.5. The zero-order valence-corrected chi connectivity index (χ0v) is 16.3. The molecule has 1 N–H and O–H groups in total. The van der Waals surface area contributed by atoms with Gasteiger partial charge < -0.3 is 14.8 Å². The number of amides is 1. The Hall–Kier alpha value is -3.87. The number of carbonyl (C=O) groups is 1. The van der Waals surface area contributed by atoms with Gasteiger partial charge in [0.1, 0.15) is 17.3 Å². The van der Waals surface area contributed by atoms with Crippen LogP contribution in [0, 0.1) is 6.92 Å². The van der Waals surface area contributed by atoms with Gasteiger partial charge >= 0.3 is 0 Å². The second-order valence-electron chi connectivity index (χ2n) is 6.50. The third-order valence-electron chi connectivity index (χ3n) is 4.49. The van der Waals surface area contributed by atoms with E-state index in [1.54, 1.807) is 43.2 Å².